The van der Waals surface area contributed by atoms with E-state index in [4.69, 9.17) is 11.6 Å². The van der Waals surface area contributed by atoms with Gasteiger partial charge in [0.05, 0.1) is 0 Å². The Hall–Kier alpha value is -1.51. The number of phenolic OH excluding ortho intramolecular Hbond substituents is 1. The van der Waals surface area contributed by atoms with Crippen LogP contribution in [0.4, 0.5) is 0 Å². The third-order valence-electron chi connectivity index (χ3n) is 3.26. The molecule has 19 heavy (non-hydrogen) atoms. The Balaban J connectivity index is 2.04. The second-order valence-corrected chi connectivity index (χ2v) is 5.16. The predicted octanol–water partition coefficient (Wildman–Crippen LogP) is 4.20. The fraction of sp³-hybridized carbons (Fsp3) is 0.250. The normalized spacial score (nSPS) is 12.4. The number of nitrogens with one attached hydrogen (secondary N) is 1. The quantitative estimate of drug-likeness (QED) is 0.876. The van der Waals surface area contributed by atoms with Gasteiger partial charge in [-0.15, -0.1) is 0 Å². The number of aromatic hydroxyl groups is 1. The van der Waals surface area contributed by atoms with Crippen LogP contribution in [0.3, 0.4) is 0 Å². The number of rotatable bonds is 4. The molecule has 0 heterocycles. The molecule has 2 aromatic rings. The van der Waals surface area contributed by atoms with Gasteiger partial charge in [-0.25, -0.2) is 0 Å². The lowest BCUT2D eigenvalue weighted by molar-refractivity contribution is 0.460. The summed E-state index contributed by atoms with van der Waals surface area (Å²) in [4.78, 5) is 0. The molecule has 0 aliphatic carbocycles. The van der Waals surface area contributed by atoms with Crippen molar-refractivity contribution in [2.45, 2.75) is 26.4 Å². The van der Waals surface area contributed by atoms with E-state index in [1.165, 1.54) is 11.1 Å². The van der Waals surface area contributed by atoms with Gasteiger partial charge in [-0.2, -0.15) is 0 Å². The maximum absolute atomic E-state index is 9.79. The Labute approximate surface area is 119 Å². The van der Waals surface area contributed by atoms with Gasteiger partial charge in [0.15, 0.2) is 0 Å². The summed E-state index contributed by atoms with van der Waals surface area (Å²) in [7, 11) is 0. The lowest BCUT2D eigenvalue weighted by Crippen LogP contribution is -2.18. The molecule has 0 aliphatic rings. The van der Waals surface area contributed by atoms with E-state index in [2.05, 4.69) is 43.4 Å². The van der Waals surface area contributed by atoms with Gasteiger partial charge in [0.1, 0.15) is 5.75 Å². The molecule has 2 aromatic carbocycles. The van der Waals surface area contributed by atoms with Crippen molar-refractivity contribution in [3.63, 3.8) is 0 Å². The van der Waals surface area contributed by atoms with Gasteiger partial charge in [-0.05, 0) is 31.5 Å². The summed E-state index contributed by atoms with van der Waals surface area (Å²) >= 11 is 6.08. The van der Waals surface area contributed by atoms with Crippen molar-refractivity contribution in [3.8, 4) is 5.75 Å². The van der Waals surface area contributed by atoms with Gasteiger partial charge in [-0.3, -0.25) is 0 Å². The first kappa shape index (κ1) is 13.9. The lowest BCUT2D eigenvalue weighted by Gasteiger charge is -2.16. The minimum atomic E-state index is 0.205. The Morgan fingerprint density at radius 3 is 2.47 bits per heavy atom. The highest BCUT2D eigenvalue weighted by Crippen LogP contribution is 2.25. The van der Waals surface area contributed by atoms with Crippen LogP contribution in [0.25, 0.3) is 0 Å². The van der Waals surface area contributed by atoms with Crippen LogP contribution < -0.4 is 5.32 Å². The summed E-state index contributed by atoms with van der Waals surface area (Å²) in [6, 6.07) is 13.8. The van der Waals surface area contributed by atoms with Crippen LogP contribution in [-0.2, 0) is 6.54 Å². The summed E-state index contributed by atoms with van der Waals surface area (Å²) in [6.07, 6.45) is 0. The maximum Gasteiger partial charge on any atom is 0.121 e. The van der Waals surface area contributed by atoms with Gasteiger partial charge in [0.25, 0.3) is 0 Å². The average molecular weight is 276 g/mol. The highest BCUT2D eigenvalue weighted by atomic mass is 35.5. The second kappa shape index (κ2) is 6.09. The van der Waals surface area contributed by atoms with Gasteiger partial charge < -0.3 is 10.4 Å². The number of benzene rings is 2. The first-order chi connectivity index (χ1) is 9.08. The third kappa shape index (κ3) is 3.49. The summed E-state index contributed by atoms with van der Waals surface area (Å²) in [6.45, 7) is 4.71. The molecule has 0 aliphatic heterocycles. The summed E-state index contributed by atoms with van der Waals surface area (Å²) in [5, 5.41) is 13.7. The van der Waals surface area contributed by atoms with E-state index in [9.17, 15) is 5.11 Å². The number of hydrogen-bond donors (Lipinski definition) is 2. The Morgan fingerprint density at radius 1 is 1.16 bits per heavy atom. The zero-order valence-corrected chi connectivity index (χ0v) is 11.9. The van der Waals surface area contributed by atoms with Crippen LogP contribution >= 0.6 is 11.6 Å². The molecule has 0 unspecified atom stereocenters. The summed E-state index contributed by atoms with van der Waals surface area (Å²) in [5.74, 6) is 0.233. The van der Waals surface area contributed by atoms with Gasteiger partial charge in [0, 0.05) is 23.2 Å². The van der Waals surface area contributed by atoms with Crippen molar-refractivity contribution in [1.29, 1.82) is 0 Å². The highest BCUT2D eigenvalue weighted by molar-refractivity contribution is 6.31. The minimum Gasteiger partial charge on any atom is -0.508 e. The predicted molar refractivity (Wildman–Crippen MR) is 79.6 cm³/mol. The summed E-state index contributed by atoms with van der Waals surface area (Å²) < 4.78 is 0. The SMILES string of the molecule is Cc1ccc([C@H](C)NCc2c(O)cccc2Cl)cc1. The third-order valence-corrected chi connectivity index (χ3v) is 3.61. The fourth-order valence-corrected chi connectivity index (χ4v) is 2.19. The van der Waals surface area contributed by atoms with E-state index in [0.717, 1.165) is 5.56 Å². The van der Waals surface area contributed by atoms with Crippen molar-refractivity contribution in [1.82, 2.24) is 5.32 Å². The first-order valence-electron chi connectivity index (χ1n) is 6.34. The van der Waals surface area contributed by atoms with Crippen molar-refractivity contribution in [2.75, 3.05) is 0 Å². The monoisotopic (exact) mass is 275 g/mol. The maximum atomic E-state index is 9.79. The fourth-order valence-electron chi connectivity index (χ4n) is 1.95. The number of phenols is 1. The van der Waals surface area contributed by atoms with Crippen molar-refractivity contribution < 1.29 is 5.11 Å². The first-order valence-corrected chi connectivity index (χ1v) is 6.72. The molecule has 2 N–H and O–H groups in total. The number of aryl methyl sites for hydroxylation is 1. The molecular formula is C16H18ClNO. The van der Waals surface area contributed by atoms with Crippen LogP contribution in [0.15, 0.2) is 42.5 Å². The smallest absolute Gasteiger partial charge is 0.121 e. The molecule has 0 aromatic heterocycles. The molecule has 2 nitrogen and oxygen atoms in total. The van der Waals surface area contributed by atoms with Crippen LogP contribution in [0.5, 0.6) is 5.75 Å². The van der Waals surface area contributed by atoms with Crippen molar-refractivity contribution in [3.05, 3.63) is 64.2 Å². The highest BCUT2D eigenvalue weighted by Gasteiger charge is 2.09. The number of halogens is 1. The second-order valence-electron chi connectivity index (χ2n) is 4.75. The van der Waals surface area contributed by atoms with Crippen LogP contribution in [0, 0.1) is 6.92 Å². The van der Waals surface area contributed by atoms with Gasteiger partial charge >= 0.3 is 0 Å². The van der Waals surface area contributed by atoms with Crippen molar-refractivity contribution >= 4 is 11.6 Å². The topological polar surface area (TPSA) is 32.3 Å². The van der Waals surface area contributed by atoms with Crippen LogP contribution in [0.1, 0.15) is 29.7 Å². The van der Waals surface area contributed by atoms with E-state index in [1.54, 1.807) is 18.2 Å². The standard InChI is InChI=1S/C16H18ClNO/c1-11-6-8-13(9-7-11)12(2)18-10-14-15(17)4-3-5-16(14)19/h3-9,12,18-19H,10H2,1-2H3/t12-/m0/s1. The molecule has 3 heteroatoms. The van der Waals surface area contributed by atoms with E-state index in [1.807, 2.05) is 0 Å². The molecule has 0 radical (unpaired) electrons. The summed E-state index contributed by atoms with van der Waals surface area (Å²) in [5.41, 5.74) is 3.21. The minimum absolute atomic E-state index is 0.205. The Morgan fingerprint density at radius 2 is 1.84 bits per heavy atom. The molecule has 0 spiro atoms. The molecule has 0 saturated heterocycles. The molecule has 0 amide bonds. The molecule has 1 atom stereocenters. The van der Waals surface area contributed by atoms with Gasteiger partial charge in [0.2, 0.25) is 0 Å². The molecule has 0 bridgehead atoms. The van der Waals surface area contributed by atoms with E-state index < -0.39 is 0 Å². The van der Waals surface area contributed by atoms with Crippen LogP contribution in [0.2, 0.25) is 5.02 Å². The number of hydrogen-bond acceptors (Lipinski definition) is 2. The Bertz CT molecular complexity index is 531. The van der Waals surface area contributed by atoms with E-state index in [0.29, 0.717) is 11.6 Å². The van der Waals surface area contributed by atoms with Gasteiger partial charge in [-0.1, -0.05) is 47.5 Å². The van der Waals surface area contributed by atoms with Crippen molar-refractivity contribution in [2.24, 2.45) is 0 Å². The lowest BCUT2D eigenvalue weighted by atomic mass is 10.1. The zero-order valence-electron chi connectivity index (χ0n) is 11.2. The zero-order chi connectivity index (χ0) is 13.8. The van der Waals surface area contributed by atoms with E-state index in [-0.39, 0.29) is 11.8 Å². The molecular weight excluding hydrogens is 258 g/mol. The average Bonchev–Trinajstić information content (AvgIpc) is 2.38. The van der Waals surface area contributed by atoms with E-state index >= 15 is 0 Å². The molecule has 100 valence electrons. The molecule has 0 fully saturated rings. The largest absolute Gasteiger partial charge is 0.508 e. The van der Waals surface area contributed by atoms with Crippen LogP contribution in [-0.4, -0.2) is 5.11 Å². The Kier molecular flexibility index (Phi) is 4.46. The molecule has 0 saturated carbocycles. The molecule has 2 rings (SSSR count).